The molecule has 0 bridgehead atoms. The maximum Gasteiger partial charge on any atom is 0.235 e. The lowest BCUT2D eigenvalue weighted by atomic mass is 10.2. The van der Waals surface area contributed by atoms with Crippen molar-refractivity contribution < 1.29 is 4.79 Å². The summed E-state index contributed by atoms with van der Waals surface area (Å²) >= 11 is 1.37. The molecule has 2 aromatic rings. The Bertz CT molecular complexity index is 682. The van der Waals surface area contributed by atoms with E-state index in [-0.39, 0.29) is 11.2 Å². The van der Waals surface area contributed by atoms with Crippen molar-refractivity contribution in [1.82, 2.24) is 9.88 Å². The third-order valence-corrected chi connectivity index (χ3v) is 4.17. The van der Waals surface area contributed by atoms with Crippen LogP contribution in [0.5, 0.6) is 0 Å². The molecule has 0 aliphatic heterocycles. The molecule has 1 amide bonds. The molecule has 4 nitrogen and oxygen atoms in total. The summed E-state index contributed by atoms with van der Waals surface area (Å²) in [6.07, 6.45) is 1.59. The molecule has 1 aromatic heterocycles. The number of aromatic nitrogens is 1. The van der Waals surface area contributed by atoms with Crippen LogP contribution in [0.2, 0.25) is 0 Å². The number of amides is 1. The Balaban J connectivity index is 1.98. The van der Waals surface area contributed by atoms with Gasteiger partial charge in [0.05, 0.1) is 21.9 Å². The molecule has 0 aliphatic carbocycles. The summed E-state index contributed by atoms with van der Waals surface area (Å²) in [5.74, 6) is 0.0398. The Hall–Kier alpha value is -2.32. The zero-order chi connectivity index (χ0) is 15.9. The third kappa shape index (κ3) is 4.34. The first-order valence-electron chi connectivity index (χ1n) is 6.92. The summed E-state index contributed by atoms with van der Waals surface area (Å²) in [6.45, 7) is 2.44. The van der Waals surface area contributed by atoms with Crippen LogP contribution in [0.1, 0.15) is 18.1 Å². The normalized spacial score (nSPS) is 11.5. The second-order valence-corrected chi connectivity index (χ2v) is 6.30. The number of pyridine rings is 1. The van der Waals surface area contributed by atoms with Gasteiger partial charge in [-0.1, -0.05) is 42.1 Å². The zero-order valence-electron chi connectivity index (χ0n) is 12.6. The number of rotatable bonds is 5. The van der Waals surface area contributed by atoms with Gasteiger partial charge in [-0.25, -0.2) is 4.98 Å². The van der Waals surface area contributed by atoms with Crippen LogP contribution in [0, 0.1) is 11.3 Å². The Kier molecular flexibility index (Phi) is 5.56. The third-order valence-electron chi connectivity index (χ3n) is 3.15. The molecule has 1 heterocycles. The van der Waals surface area contributed by atoms with E-state index in [1.165, 1.54) is 11.8 Å². The van der Waals surface area contributed by atoms with Gasteiger partial charge in [0.2, 0.25) is 5.91 Å². The fraction of sp³-hybridized carbons (Fsp3) is 0.235. The van der Waals surface area contributed by atoms with Crippen molar-refractivity contribution in [3.8, 4) is 6.07 Å². The quantitative estimate of drug-likeness (QED) is 0.796. The highest BCUT2D eigenvalue weighted by Gasteiger charge is 2.19. The molecule has 0 N–H and O–H groups in total. The molecule has 1 unspecified atom stereocenters. The fourth-order valence-corrected chi connectivity index (χ4v) is 2.98. The zero-order valence-corrected chi connectivity index (χ0v) is 13.4. The second kappa shape index (κ2) is 7.62. The molecular weight excluding hydrogens is 294 g/mol. The molecule has 1 aromatic carbocycles. The fourth-order valence-electron chi connectivity index (χ4n) is 2.02. The van der Waals surface area contributed by atoms with E-state index in [1.54, 1.807) is 30.3 Å². The van der Waals surface area contributed by atoms with Crippen LogP contribution in [0.3, 0.4) is 0 Å². The molecular formula is C17H17N3OS. The number of hydrogen-bond acceptors (Lipinski definition) is 4. The first kappa shape index (κ1) is 16.1. The number of benzene rings is 1. The van der Waals surface area contributed by atoms with E-state index in [4.69, 9.17) is 5.26 Å². The van der Waals surface area contributed by atoms with Crippen LogP contribution in [-0.2, 0) is 11.3 Å². The molecule has 112 valence electrons. The minimum absolute atomic E-state index is 0.0398. The highest BCUT2D eigenvalue weighted by molar-refractivity contribution is 8.00. The number of nitriles is 1. The maximum atomic E-state index is 12.4. The second-order valence-electron chi connectivity index (χ2n) is 4.93. The maximum absolute atomic E-state index is 12.4. The lowest BCUT2D eigenvalue weighted by Crippen LogP contribution is -2.32. The first-order valence-corrected chi connectivity index (χ1v) is 7.80. The van der Waals surface area contributed by atoms with Crippen LogP contribution in [0.15, 0.2) is 53.7 Å². The number of thioether (sulfide) groups is 1. The average molecular weight is 311 g/mol. The molecule has 1 atom stereocenters. The molecule has 0 radical (unpaired) electrons. The molecule has 0 spiro atoms. The first-order chi connectivity index (χ1) is 10.6. The van der Waals surface area contributed by atoms with E-state index < -0.39 is 0 Å². The summed E-state index contributed by atoms with van der Waals surface area (Å²) in [7, 11) is 1.80. The lowest BCUT2D eigenvalue weighted by molar-refractivity contribution is -0.129. The lowest BCUT2D eigenvalue weighted by Gasteiger charge is -2.21. The average Bonchev–Trinajstić information content (AvgIpc) is 2.55. The summed E-state index contributed by atoms with van der Waals surface area (Å²) in [5, 5.41) is 9.33. The predicted molar refractivity (Wildman–Crippen MR) is 87.2 cm³/mol. The van der Waals surface area contributed by atoms with Gasteiger partial charge in [0, 0.05) is 19.8 Å². The molecule has 2 rings (SSSR count). The summed E-state index contributed by atoms with van der Waals surface area (Å²) < 4.78 is 0. The van der Waals surface area contributed by atoms with Crippen molar-refractivity contribution in [3.63, 3.8) is 0 Å². The van der Waals surface area contributed by atoms with Crippen LogP contribution < -0.4 is 0 Å². The number of nitrogens with zero attached hydrogens (tertiary/aromatic N) is 3. The standard InChI is InChI=1S/C17H17N3OS/c1-13(22-16-10-15(11-18)8-9-19-16)17(21)20(2)12-14-6-4-3-5-7-14/h3-10,13H,12H2,1-2H3. The van der Waals surface area contributed by atoms with Crippen LogP contribution in [0.25, 0.3) is 0 Å². The highest BCUT2D eigenvalue weighted by atomic mass is 32.2. The van der Waals surface area contributed by atoms with Gasteiger partial charge >= 0.3 is 0 Å². The van der Waals surface area contributed by atoms with Gasteiger partial charge in [-0.05, 0) is 24.6 Å². The summed E-state index contributed by atoms with van der Waals surface area (Å²) in [4.78, 5) is 18.3. The Labute approximate surface area is 134 Å². The molecule has 0 saturated carbocycles. The van der Waals surface area contributed by atoms with Gasteiger partial charge in [-0.3, -0.25) is 4.79 Å². The SMILES string of the molecule is CC(Sc1cc(C#N)ccn1)C(=O)N(C)Cc1ccccc1. The van der Waals surface area contributed by atoms with Crippen molar-refractivity contribution in [2.45, 2.75) is 23.7 Å². The van der Waals surface area contributed by atoms with E-state index >= 15 is 0 Å². The van der Waals surface area contributed by atoms with Gasteiger partial charge in [-0.2, -0.15) is 5.26 Å². The van der Waals surface area contributed by atoms with E-state index in [9.17, 15) is 4.79 Å². The number of carbonyl (C=O) groups excluding carboxylic acids is 1. The van der Waals surface area contributed by atoms with Gasteiger partial charge in [-0.15, -0.1) is 0 Å². The predicted octanol–water partition coefficient (Wildman–Crippen LogP) is 3.09. The van der Waals surface area contributed by atoms with Gasteiger partial charge in [0.15, 0.2) is 0 Å². The van der Waals surface area contributed by atoms with Crippen molar-refractivity contribution >= 4 is 17.7 Å². The summed E-state index contributed by atoms with van der Waals surface area (Å²) in [6, 6.07) is 15.3. The number of carbonyl (C=O) groups is 1. The minimum Gasteiger partial charge on any atom is -0.340 e. The van der Waals surface area contributed by atoms with E-state index in [2.05, 4.69) is 11.1 Å². The molecule has 0 aliphatic rings. The van der Waals surface area contributed by atoms with Crippen LogP contribution >= 0.6 is 11.8 Å². The molecule has 0 saturated heterocycles. The van der Waals surface area contributed by atoms with Crippen LogP contribution in [0.4, 0.5) is 0 Å². The van der Waals surface area contributed by atoms with Crippen molar-refractivity contribution in [1.29, 1.82) is 5.26 Å². The van der Waals surface area contributed by atoms with Gasteiger partial charge in [0.1, 0.15) is 0 Å². The Morgan fingerprint density at radius 1 is 1.36 bits per heavy atom. The smallest absolute Gasteiger partial charge is 0.235 e. The van der Waals surface area contributed by atoms with E-state index in [0.717, 1.165) is 5.56 Å². The Morgan fingerprint density at radius 2 is 2.09 bits per heavy atom. The van der Waals surface area contributed by atoms with Crippen molar-refractivity contribution in [3.05, 3.63) is 59.8 Å². The topological polar surface area (TPSA) is 57.0 Å². The summed E-state index contributed by atoms with van der Waals surface area (Å²) in [5.41, 5.74) is 1.65. The number of hydrogen-bond donors (Lipinski definition) is 0. The van der Waals surface area contributed by atoms with Crippen molar-refractivity contribution in [2.24, 2.45) is 0 Å². The Morgan fingerprint density at radius 3 is 2.77 bits per heavy atom. The monoisotopic (exact) mass is 311 g/mol. The van der Waals surface area contributed by atoms with Gasteiger partial charge in [0.25, 0.3) is 0 Å². The van der Waals surface area contributed by atoms with E-state index in [1.807, 2.05) is 37.3 Å². The molecule has 22 heavy (non-hydrogen) atoms. The largest absolute Gasteiger partial charge is 0.340 e. The van der Waals surface area contributed by atoms with E-state index in [0.29, 0.717) is 17.1 Å². The molecule has 0 fully saturated rings. The van der Waals surface area contributed by atoms with Crippen LogP contribution in [-0.4, -0.2) is 28.1 Å². The van der Waals surface area contributed by atoms with Crippen molar-refractivity contribution in [2.75, 3.05) is 7.05 Å². The molecule has 5 heteroatoms. The minimum atomic E-state index is -0.254. The highest BCUT2D eigenvalue weighted by Crippen LogP contribution is 2.23. The van der Waals surface area contributed by atoms with Gasteiger partial charge < -0.3 is 4.90 Å².